The lowest BCUT2D eigenvalue weighted by molar-refractivity contribution is -0.122. The zero-order chi connectivity index (χ0) is 22.5. The van der Waals surface area contributed by atoms with Crippen molar-refractivity contribution >= 4 is 34.8 Å². The molecule has 168 valence electrons. The summed E-state index contributed by atoms with van der Waals surface area (Å²) in [6.07, 6.45) is 2.53. The summed E-state index contributed by atoms with van der Waals surface area (Å²) in [5.74, 6) is 0.910. The van der Waals surface area contributed by atoms with E-state index in [1.807, 2.05) is 30.3 Å². The summed E-state index contributed by atoms with van der Waals surface area (Å²) >= 11 is 12.1. The zero-order valence-electron chi connectivity index (χ0n) is 17.6. The van der Waals surface area contributed by atoms with E-state index in [-0.39, 0.29) is 11.9 Å². The Morgan fingerprint density at radius 3 is 2.72 bits per heavy atom. The summed E-state index contributed by atoms with van der Waals surface area (Å²) in [6.45, 7) is 2.65. The van der Waals surface area contributed by atoms with Gasteiger partial charge in [-0.2, -0.15) is 4.98 Å². The maximum atomic E-state index is 12.4. The third-order valence-corrected chi connectivity index (χ3v) is 6.26. The largest absolute Gasteiger partial charge is 0.399 e. The van der Waals surface area contributed by atoms with Crippen molar-refractivity contribution in [1.82, 2.24) is 20.4 Å². The van der Waals surface area contributed by atoms with Gasteiger partial charge in [0, 0.05) is 49.8 Å². The molecule has 32 heavy (non-hydrogen) atoms. The molecule has 0 aliphatic carbocycles. The SMILES string of the molecule is Nc1cccc(-c2noc(CCC(=O)NC3CCN(Cc4ccc(Cl)c(Cl)c4)CC3)n2)c1. The van der Waals surface area contributed by atoms with Gasteiger partial charge >= 0.3 is 0 Å². The molecule has 7 nitrogen and oxygen atoms in total. The number of nitrogens with zero attached hydrogens (tertiary/aromatic N) is 3. The number of nitrogens with two attached hydrogens (primary N) is 1. The Bertz CT molecular complexity index is 1080. The van der Waals surface area contributed by atoms with Crippen LogP contribution < -0.4 is 11.1 Å². The normalized spacial score (nSPS) is 15.1. The number of anilines is 1. The third-order valence-electron chi connectivity index (χ3n) is 5.52. The number of hydrogen-bond donors (Lipinski definition) is 2. The molecular formula is C23H25Cl2N5O2. The van der Waals surface area contributed by atoms with Crippen molar-refractivity contribution in [3.8, 4) is 11.4 Å². The molecule has 3 aromatic rings. The second-order valence-electron chi connectivity index (χ2n) is 8.00. The van der Waals surface area contributed by atoms with Gasteiger partial charge in [0.1, 0.15) is 0 Å². The highest BCUT2D eigenvalue weighted by Gasteiger charge is 2.21. The van der Waals surface area contributed by atoms with Gasteiger partial charge in [-0.25, -0.2) is 0 Å². The molecule has 2 aromatic carbocycles. The average molecular weight is 474 g/mol. The van der Waals surface area contributed by atoms with Crippen molar-refractivity contribution in [3.05, 3.63) is 64.0 Å². The number of halogens is 2. The monoisotopic (exact) mass is 473 g/mol. The van der Waals surface area contributed by atoms with E-state index in [0.717, 1.165) is 43.6 Å². The van der Waals surface area contributed by atoms with Crippen LogP contribution in [-0.4, -0.2) is 40.1 Å². The van der Waals surface area contributed by atoms with Gasteiger partial charge in [0.15, 0.2) is 0 Å². The molecule has 1 fully saturated rings. The van der Waals surface area contributed by atoms with Crippen LogP contribution >= 0.6 is 23.2 Å². The topological polar surface area (TPSA) is 97.3 Å². The van der Waals surface area contributed by atoms with E-state index in [1.165, 1.54) is 0 Å². The standard InChI is InChI=1S/C23H25Cl2N5O2/c24-19-5-4-15(12-20(19)25)14-30-10-8-18(9-11-30)27-21(31)6-7-22-28-23(29-32-22)16-2-1-3-17(26)13-16/h1-5,12-13,18H,6-11,14,26H2,(H,27,31). The molecule has 0 saturated carbocycles. The van der Waals surface area contributed by atoms with Gasteiger partial charge in [0.2, 0.25) is 17.6 Å². The number of rotatable bonds is 7. The molecular weight excluding hydrogens is 449 g/mol. The summed E-state index contributed by atoms with van der Waals surface area (Å²) < 4.78 is 5.28. The number of benzene rings is 2. The van der Waals surface area contributed by atoms with Gasteiger partial charge in [-0.3, -0.25) is 9.69 Å². The Labute approximate surface area is 196 Å². The fraction of sp³-hybridized carbons (Fsp3) is 0.348. The number of aryl methyl sites for hydroxylation is 1. The molecule has 1 saturated heterocycles. The van der Waals surface area contributed by atoms with Crippen molar-refractivity contribution in [2.75, 3.05) is 18.8 Å². The summed E-state index contributed by atoms with van der Waals surface area (Å²) in [7, 11) is 0. The maximum absolute atomic E-state index is 12.4. The van der Waals surface area contributed by atoms with E-state index in [0.29, 0.717) is 40.3 Å². The van der Waals surface area contributed by atoms with Crippen LogP contribution in [0.4, 0.5) is 5.69 Å². The fourth-order valence-corrected chi connectivity index (χ4v) is 4.12. The smallest absolute Gasteiger partial charge is 0.227 e. The van der Waals surface area contributed by atoms with Crippen LogP contribution in [0, 0.1) is 0 Å². The molecule has 1 amide bonds. The molecule has 1 aromatic heterocycles. The molecule has 2 heterocycles. The molecule has 0 bridgehead atoms. The van der Waals surface area contributed by atoms with E-state index in [2.05, 4.69) is 20.4 Å². The molecule has 3 N–H and O–H groups in total. The van der Waals surface area contributed by atoms with Crippen molar-refractivity contribution in [3.63, 3.8) is 0 Å². The number of carbonyl (C=O) groups excluding carboxylic acids is 1. The van der Waals surface area contributed by atoms with Crippen LogP contribution in [0.1, 0.15) is 30.7 Å². The Morgan fingerprint density at radius 1 is 1.16 bits per heavy atom. The Hall–Kier alpha value is -2.61. The van der Waals surface area contributed by atoms with E-state index in [9.17, 15) is 4.79 Å². The van der Waals surface area contributed by atoms with Crippen molar-refractivity contribution in [1.29, 1.82) is 0 Å². The highest BCUT2D eigenvalue weighted by molar-refractivity contribution is 6.42. The average Bonchev–Trinajstić information content (AvgIpc) is 3.26. The number of piperidine rings is 1. The first kappa shape index (κ1) is 22.6. The molecule has 1 aliphatic rings. The molecule has 0 atom stereocenters. The second-order valence-corrected chi connectivity index (χ2v) is 8.82. The summed E-state index contributed by atoms with van der Waals surface area (Å²) in [5, 5.41) is 8.25. The lowest BCUT2D eigenvalue weighted by Crippen LogP contribution is -2.44. The number of carbonyl (C=O) groups is 1. The quantitative estimate of drug-likeness (QED) is 0.495. The minimum atomic E-state index is -0.00311. The van der Waals surface area contributed by atoms with E-state index in [4.69, 9.17) is 33.5 Å². The highest BCUT2D eigenvalue weighted by atomic mass is 35.5. The van der Waals surface area contributed by atoms with Crippen molar-refractivity contribution in [2.45, 2.75) is 38.3 Å². The first-order valence-corrected chi connectivity index (χ1v) is 11.4. The first-order valence-electron chi connectivity index (χ1n) is 10.6. The van der Waals surface area contributed by atoms with Crippen LogP contribution in [0.5, 0.6) is 0 Å². The van der Waals surface area contributed by atoms with Crippen molar-refractivity contribution in [2.24, 2.45) is 0 Å². The highest BCUT2D eigenvalue weighted by Crippen LogP contribution is 2.24. The van der Waals surface area contributed by atoms with Crippen LogP contribution in [0.2, 0.25) is 10.0 Å². The number of hydrogen-bond acceptors (Lipinski definition) is 6. The summed E-state index contributed by atoms with van der Waals surface area (Å²) in [4.78, 5) is 19.1. The summed E-state index contributed by atoms with van der Waals surface area (Å²) in [5.41, 5.74) is 8.36. The number of aromatic nitrogens is 2. The number of nitrogen functional groups attached to an aromatic ring is 1. The molecule has 9 heteroatoms. The van der Waals surface area contributed by atoms with Gasteiger partial charge in [-0.15, -0.1) is 0 Å². The van der Waals surface area contributed by atoms with Gasteiger partial charge in [0.05, 0.1) is 10.0 Å². The van der Waals surface area contributed by atoms with Gasteiger partial charge in [-0.05, 0) is 42.7 Å². The second kappa shape index (κ2) is 10.3. The fourth-order valence-electron chi connectivity index (χ4n) is 3.80. The van der Waals surface area contributed by atoms with Crippen LogP contribution in [-0.2, 0) is 17.8 Å². The number of amides is 1. The lowest BCUT2D eigenvalue weighted by Gasteiger charge is -2.32. The first-order chi connectivity index (χ1) is 15.5. The number of likely N-dealkylation sites (tertiary alicyclic amines) is 1. The van der Waals surface area contributed by atoms with E-state index in [1.54, 1.807) is 12.1 Å². The molecule has 0 spiro atoms. The minimum absolute atomic E-state index is 0.00311. The molecule has 0 unspecified atom stereocenters. The van der Waals surface area contributed by atoms with Crippen LogP contribution in [0.15, 0.2) is 47.0 Å². The predicted octanol–water partition coefficient (Wildman–Crippen LogP) is 4.34. The van der Waals surface area contributed by atoms with Crippen LogP contribution in [0.25, 0.3) is 11.4 Å². The Morgan fingerprint density at radius 2 is 1.97 bits per heavy atom. The molecule has 1 aliphatic heterocycles. The summed E-state index contributed by atoms with van der Waals surface area (Å²) in [6, 6.07) is 13.2. The van der Waals surface area contributed by atoms with E-state index < -0.39 is 0 Å². The third kappa shape index (κ3) is 6.00. The molecule has 0 radical (unpaired) electrons. The van der Waals surface area contributed by atoms with Crippen LogP contribution in [0.3, 0.4) is 0 Å². The molecule has 4 rings (SSSR count). The van der Waals surface area contributed by atoms with Gasteiger partial charge in [0.25, 0.3) is 0 Å². The predicted molar refractivity (Wildman–Crippen MR) is 125 cm³/mol. The maximum Gasteiger partial charge on any atom is 0.227 e. The lowest BCUT2D eigenvalue weighted by atomic mass is 10.0. The Balaban J connectivity index is 1.20. The Kier molecular flexibility index (Phi) is 7.29. The zero-order valence-corrected chi connectivity index (χ0v) is 19.1. The van der Waals surface area contributed by atoms with Crippen molar-refractivity contribution < 1.29 is 9.32 Å². The van der Waals surface area contributed by atoms with Gasteiger partial charge < -0.3 is 15.6 Å². The van der Waals surface area contributed by atoms with E-state index >= 15 is 0 Å². The number of nitrogens with one attached hydrogen (secondary N) is 1. The van der Waals surface area contributed by atoms with Gasteiger partial charge in [-0.1, -0.05) is 46.6 Å². The minimum Gasteiger partial charge on any atom is -0.399 e.